The third kappa shape index (κ3) is 13.6. The Bertz CT molecular complexity index is 491. The van der Waals surface area contributed by atoms with Gasteiger partial charge in [-0.1, -0.05) is 0 Å². The molecule has 0 saturated heterocycles. The molecule has 2 heteroatoms. The first-order chi connectivity index (χ1) is 13.8. The van der Waals surface area contributed by atoms with E-state index in [0.29, 0.717) is 5.92 Å². The van der Waals surface area contributed by atoms with E-state index in [1.54, 1.807) is 0 Å². The number of aliphatic hydroxyl groups is 1. The molecule has 0 rings (SSSR count). The first-order valence-electron chi connectivity index (χ1n) is 12.2. The van der Waals surface area contributed by atoms with Gasteiger partial charge in [0.1, 0.15) is 0 Å². The van der Waals surface area contributed by atoms with Crippen molar-refractivity contribution in [3.8, 4) is 0 Å². The van der Waals surface area contributed by atoms with Gasteiger partial charge in [-0.15, -0.1) is 0 Å². The van der Waals surface area contributed by atoms with Crippen molar-refractivity contribution in [2.24, 2.45) is 11.8 Å². The van der Waals surface area contributed by atoms with E-state index in [4.69, 9.17) is 0 Å². The van der Waals surface area contributed by atoms with Crippen LogP contribution in [0.2, 0.25) is 13.3 Å². The SMILES string of the molecule is CCC[CH2][Sn](/[CH]=C/C=C/C=C/C(C)=C/C(C)C(O)C(C)C)([CH2]CCC)[CH2]CCC. The molecule has 0 aliphatic carbocycles. The molecule has 0 aliphatic rings. The zero-order chi connectivity index (χ0) is 22.1. The molecular formula is C27H50OSn. The summed E-state index contributed by atoms with van der Waals surface area (Å²) in [6.45, 7) is 15.4. The maximum atomic E-state index is 10.2. The third-order valence-corrected chi connectivity index (χ3v) is 20.1. The second-order valence-electron chi connectivity index (χ2n) is 9.28. The van der Waals surface area contributed by atoms with Gasteiger partial charge in [0, 0.05) is 0 Å². The van der Waals surface area contributed by atoms with E-state index in [2.05, 4.69) is 89.0 Å². The van der Waals surface area contributed by atoms with Gasteiger partial charge < -0.3 is 0 Å². The molecular weight excluding hydrogens is 459 g/mol. The molecule has 1 nitrogen and oxygen atoms in total. The van der Waals surface area contributed by atoms with Gasteiger partial charge in [-0.25, -0.2) is 0 Å². The van der Waals surface area contributed by atoms with Crippen LogP contribution in [-0.4, -0.2) is 29.6 Å². The summed E-state index contributed by atoms with van der Waals surface area (Å²) in [4.78, 5) is 0. The Labute approximate surface area is 187 Å². The van der Waals surface area contributed by atoms with Crippen molar-refractivity contribution >= 4 is 18.4 Å². The van der Waals surface area contributed by atoms with E-state index in [9.17, 15) is 5.11 Å². The van der Waals surface area contributed by atoms with Gasteiger partial charge in [-0.2, -0.15) is 0 Å². The molecule has 0 fully saturated rings. The Morgan fingerprint density at radius 1 is 0.793 bits per heavy atom. The van der Waals surface area contributed by atoms with Crippen LogP contribution in [0.5, 0.6) is 0 Å². The van der Waals surface area contributed by atoms with Crippen molar-refractivity contribution in [3.63, 3.8) is 0 Å². The summed E-state index contributed by atoms with van der Waals surface area (Å²) in [7, 11) is 0. The average Bonchev–Trinajstić information content (AvgIpc) is 2.70. The third-order valence-electron chi connectivity index (χ3n) is 5.97. The van der Waals surface area contributed by atoms with E-state index in [0.717, 1.165) is 0 Å². The fraction of sp³-hybridized carbons (Fsp3) is 0.704. The predicted molar refractivity (Wildman–Crippen MR) is 136 cm³/mol. The molecule has 168 valence electrons. The molecule has 0 bridgehead atoms. The van der Waals surface area contributed by atoms with Crippen molar-refractivity contribution in [2.75, 3.05) is 0 Å². The fourth-order valence-corrected chi connectivity index (χ4v) is 18.1. The normalized spacial score (nSPS) is 16.0. The van der Waals surface area contributed by atoms with Crippen LogP contribution in [0.4, 0.5) is 0 Å². The van der Waals surface area contributed by atoms with Gasteiger partial charge in [-0.05, 0) is 0 Å². The Kier molecular flexibility index (Phi) is 17.2. The van der Waals surface area contributed by atoms with Crippen LogP contribution < -0.4 is 0 Å². The van der Waals surface area contributed by atoms with Crippen molar-refractivity contribution in [3.05, 3.63) is 46.1 Å². The molecule has 0 amide bonds. The van der Waals surface area contributed by atoms with E-state index in [-0.39, 0.29) is 12.0 Å². The minimum absolute atomic E-state index is 0.189. The second kappa shape index (κ2) is 17.4. The van der Waals surface area contributed by atoms with Gasteiger partial charge in [0.25, 0.3) is 0 Å². The number of hydrogen-bond acceptors (Lipinski definition) is 1. The van der Waals surface area contributed by atoms with Gasteiger partial charge in [0.05, 0.1) is 0 Å². The van der Waals surface area contributed by atoms with Crippen LogP contribution >= 0.6 is 0 Å². The number of unbranched alkanes of at least 4 members (excludes halogenated alkanes) is 3. The number of hydrogen-bond donors (Lipinski definition) is 1. The molecule has 1 N–H and O–H groups in total. The van der Waals surface area contributed by atoms with Gasteiger partial charge in [0.15, 0.2) is 0 Å². The first kappa shape index (κ1) is 28.7. The van der Waals surface area contributed by atoms with E-state index in [1.807, 2.05) is 0 Å². The quantitative estimate of drug-likeness (QED) is 0.163. The van der Waals surface area contributed by atoms with Crippen LogP contribution in [0.1, 0.15) is 87.0 Å². The summed E-state index contributed by atoms with van der Waals surface area (Å²) >= 11 is -2.13. The zero-order valence-electron chi connectivity index (χ0n) is 20.6. The van der Waals surface area contributed by atoms with Gasteiger partial charge in [0.2, 0.25) is 0 Å². The number of aliphatic hydroxyl groups excluding tert-OH is 1. The molecule has 0 saturated carbocycles. The molecule has 0 radical (unpaired) electrons. The Balaban J connectivity index is 4.99. The maximum absolute atomic E-state index is 10.2. The molecule has 0 heterocycles. The standard InChI is InChI=1S/C15H23O.3C4H9.Sn/c1-6-7-8-9-10-13(4)11-14(5)15(16)12(2)3;3*1-3-4-2;/h1,6-12,14-16H,2-5H3;3*1,3-4H2,2H3;/b6-1?,8-7+,10-9+,13-11+;;;;. The van der Waals surface area contributed by atoms with Crippen molar-refractivity contribution < 1.29 is 5.11 Å². The topological polar surface area (TPSA) is 20.2 Å². The molecule has 2 atom stereocenters. The molecule has 29 heavy (non-hydrogen) atoms. The van der Waals surface area contributed by atoms with Crippen molar-refractivity contribution in [2.45, 2.75) is 106 Å². The van der Waals surface area contributed by atoms with E-state index < -0.39 is 18.4 Å². The van der Waals surface area contributed by atoms with Crippen molar-refractivity contribution in [1.82, 2.24) is 0 Å². The fourth-order valence-electron chi connectivity index (χ4n) is 3.98. The van der Waals surface area contributed by atoms with Gasteiger partial charge in [-0.3, -0.25) is 0 Å². The average molecular weight is 509 g/mol. The first-order valence-corrected chi connectivity index (χ1v) is 19.9. The summed E-state index contributed by atoms with van der Waals surface area (Å²) < 4.78 is 7.31. The number of rotatable bonds is 16. The van der Waals surface area contributed by atoms with Crippen LogP contribution in [0.25, 0.3) is 0 Å². The summed E-state index contributed by atoms with van der Waals surface area (Å²) in [6, 6.07) is 0. The summed E-state index contributed by atoms with van der Waals surface area (Å²) in [5.74, 6) is 0.483. The molecule has 0 aliphatic heterocycles. The monoisotopic (exact) mass is 510 g/mol. The number of allylic oxidation sites excluding steroid dienone is 6. The summed E-state index contributed by atoms with van der Waals surface area (Å²) in [5.41, 5.74) is 1.22. The molecule has 0 aromatic rings. The molecule has 0 aromatic carbocycles. The van der Waals surface area contributed by atoms with E-state index >= 15 is 0 Å². The molecule has 2 unspecified atom stereocenters. The Morgan fingerprint density at radius 2 is 1.28 bits per heavy atom. The second-order valence-corrected chi connectivity index (χ2v) is 22.3. The summed E-state index contributed by atoms with van der Waals surface area (Å²) in [5, 5.41) is 10.2. The van der Waals surface area contributed by atoms with Crippen LogP contribution in [0.15, 0.2) is 46.1 Å². The minimum atomic E-state index is -2.13. The van der Waals surface area contributed by atoms with Crippen LogP contribution in [0.3, 0.4) is 0 Å². The van der Waals surface area contributed by atoms with Gasteiger partial charge >= 0.3 is 188 Å². The van der Waals surface area contributed by atoms with Crippen LogP contribution in [0, 0.1) is 11.8 Å². The molecule has 0 spiro atoms. The molecule has 0 aromatic heterocycles. The van der Waals surface area contributed by atoms with Crippen molar-refractivity contribution in [1.29, 1.82) is 0 Å². The zero-order valence-corrected chi connectivity index (χ0v) is 23.4. The Hall–Kier alpha value is -0.281. The van der Waals surface area contributed by atoms with Crippen LogP contribution in [-0.2, 0) is 0 Å². The summed E-state index contributed by atoms with van der Waals surface area (Å²) in [6.07, 6.45) is 21.2. The van der Waals surface area contributed by atoms with E-state index in [1.165, 1.54) is 57.4 Å². The predicted octanol–water partition coefficient (Wildman–Crippen LogP) is 8.64. The Morgan fingerprint density at radius 3 is 1.72 bits per heavy atom.